The number of nitrogens with two attached hydrogens (primary N) is 1. The molecule has 0 aromatic heterocycles. The van der Waals surface area contributed by atoms with Crippen LogP contribution < -0.4 is 5.73 Å². The topological polar surface area (TPSA) is 101 Å². The summed E-state index contributed by atoms with van der Waals surface area (Å²) in [7, 11) is 0. The Labute approximate surface area is 109 Å². The van der Waals surface area contributed by atoms with E-state index in [-0.39, 0.29) is 0 Å². The molecule has 106 valence electrons. The molecule has 5 nitrogen and oxygen atoms in total. The minimum atomic E-state index is -0.981. The van der Waals surface area contributed by atoms with Gasteiger partial charge in [0, 0.05) is 6.08 Å². The van der Waals surface area contributed by atoms with Crippen LogP contribution in [0.25, 0.3) is 0 Å². The van der Waals surface area contributed by atoms with Crippen LogP contribution in [-0.4, -0.2) is 28.2 Å². The Morgan fingerprint density at radius 3 is 2.00 bits per heavy atom. The van der Waals surface area contributed by atoms with Gasteiger partial charge < -0.3 is 15.9 Å². The van der Waals surface area contributed by atoms with E-state index in [2.05, 4.69) is 13.5 Å². The van der Waals surface area contributed by atoms with Crippen LogP contribution >= 0.6 is 0 Å². The van der Waals surface area contributed by atoms with Crippen molar-refractivity contribution in [1.82, 2.24) is 0 Å². The zero-order valence-electron chi connectivity index (χ0n) is 11.1. The lowest BCUT2D eigenvalue weighted by atomic mass is 10.1. The van der Waals surface area contributed by atoms with Crippen molar-refractivity contribution in [1.29, 1.82) is 0 Å². The van der Waals surface area contributed by atoms with Crippen molar-refractivity contribution in [2.24, 2.45) is 5.73 Å². The molecule has 0 fully saturated rings. The number of unbranched alkanes of at least 4 members (excludes halogenated alkanes) is 5. The molecule has 1 unspecified atom stereocenters. The maximum absolute atomic E-state index is 10.3. The highest BCUT2D eigenvalue weighted by molar-refractivity contribution is 5.78. The molecule has 0 bridgehead atoms. The van der Waals surface area contributed by atoms with Crippen LogP contribution in [0.5, 0.6) is 0 Å². The van der Waals surface area contributed by atoms with Crippen molar-refractivity contribution in [3.05, 3.63) is 12.7 Å². The summed E-state index contributed by atoms with van der Waals surface area (Å²) in [6.45, 7) is 5.14. The molecule has 0 radical (unpaired) electrons. The number of carboxylic acid groups (broad SMARTS) is 2. The van der Waals surface area contributed by atoms with Gasteiger partial charge in [-0.05, 0) is 6.42 Å². The maximum atomic E-state index is 10.3. The van der Waals surface area contributed by atoms with Gasteiger partial charge in [-0.15, -0.1) is 0 Å². The van der Waals surface area contributed by atoms with Gasteiger partial charge in [-0.25, -0.2) is 4.79 Å². The van der Waals surface area contributed by atoms with Crippen molar-refractivity contribution >= 4 is 11.9 Å². The summed E-state index contributed by atoms with van der Waals surface area (Å²) < 4.78 is 0. The van der Waals surface area contributed by atoms with Gasteiger partial charge in [0.05, 0.1) is 0 Å². The molecule has 0 aliphatic rings. The van der Waals surface area contributed by atoms with E-state index >= 15 is 0 Å². The van der Waals surface area contributed by atoms with Crippen molar-refractivity contribution in [3.8, 4) is 0 Å². The van der Waals surface area contributed by atoms with E-state index in [0.29, 0.717) is 6.42 Å². The van der Waals surface area contributed by atoms with E-state index in [9.17, 15) is 9.59 Å². The van der Waals surface area contributed by atoms with Crippen LogP contribution in [-0.2, 0) is 9.59 Å². The molecule has 0 aliphatic heterocycles. The quantitative estimate of drug-likeness (QED) is 0.436. The summed E-state index contributed by atoms with van der Waals surface area (Å²) in [5, 5.41) is 16.1. The first-order chi connectivity index (χ1) is 8.45. The average molecular weight is 259 g/mol. The molecule has 0 heterocycles. The monoisotopic (exact) mass is 259 g/mol. The number of hydrogen-bond donors (Lipinski definition) is 3. The number of carbonyl (C=O) groups is 2. The van der Waals surface area contributed by atoms with Gasteiger partial charge in [0.25, 0.3) is 0 Å². The molecule has 0 aromatic carbocycles. The predicted molar refractivity (Wildman–Crippen MR) is 71.4 cm³/mol. The Bertz CT molecular complexity index is 241. The molecule has 0 spiro atoms. The minimum Gasteiger partial charge on any atom is -0.480 e. The lowest BCUT2D eigenvalue weighted by Gasteiger charge is -2.05. The highest BCUT2D eigenvalue weighted by Crippen LogP contribution is 2.07. The van der Waals surface area contributed by atoms with E-state index in [1.165, 1.54) is 25.7 Å². The van der Waals surface area contributed by atoms with E-state index in [1.54, 1.807) is 0 Å². The van der Waals surface area contributed by atoms with Crippen LogP contribution in [0, 0.1) is 0 Å². The average Bonchev–Trinajstić information content (AvgIpc) is 2.33. The number of rotatable bonds is 9. The molecule has 0 aliphatic carbocycles. The van der Waals surface area contributed by atoms with Crippen LogP contribution in [0.4, 0.5) is 0 Å². The Balaban J connectivity index is 0. The molecular formula is C13H25NO4. The molecule has 0 rings (SSSR count). The largest absolute Gasteiger partial charge is 0.480 e. The molecule has 0 amide bonds. The highest BCUT2D eigenvalue weighted by atomic mass is 16.4. The molecular weight excluding hydrogens is 234 g/mol. The first-order valence-electron chi connectivity index (χ1n) is 6.29. The van der Waals surface area contributed by atoms with Gasteiger partial charge in [-0.3, -0.25) is 4.79 Å². The smallest absolute Gasteiger partial charge is 0.327 e. The van der Waals surface area contributed by atoms with Crippen molar-refractivity contribution < 1.29 is 19.8 Å². The Kier molecular flexibility index (Phi) is 14.5. The Morgan fingerprint density at radius 2 is 1.61 bits per heavy atom. The van der Waals surface area contributed by atoms with Gasteiger partial charge in [-0.2, -0.15) is 0 Å². The van der Waals surface area contributed by atoms with E-state index < -0.39 is 18.0 Å². The van der Waals surface area contributed by atoms with Gasteiger partial charge in [0.1, 0.15) is 6.04 Å². The molecule has 0 saturated heterocycles. The standard InChI is InChI=1S/C10H21NO2.C3H4O2/c1-2-3-4-5-6-7-8-9(11)10(12)13;1-2-3(4)5/h9H,2-8,11H2,1H3,(H,12,13);2H,1H2,(H,4,5). The second-order valence-electron chi connectivity index (χ2n) is 4.04. The second-order valence-corrected chi connectivity index (χ2v) is 4.04. The summed E-state index contributed by atoms with van der Waals surface area (Å²) in [6.07, 6.45) is 8.50. The summed E-state index contributed by atoms with van der Waals surface area (Å²) in [6, 6.07) is -0.661. The first kappa shape index (κ1) is 19.0. The van der Waals surface area contributed by atoms with Crippen molar-refractivity contribution in [3.63, 3.8) is 0 Å². The summed E-state index contributed by atoms with van der Waals surface area (Å²) in [4.78, 5) is 19.6. The van der Waals surface area contributed by atoms with Gasteiger partial charge in [-0.1, -0.05) is 52.0 Å². The van der Waals surface area contributed by atoms with Crippen molar-refractivity contribution in [2.75, 3.05) is 0 Å². The first-order valence-corrected chi connectivity index (χ1v) is 6.29. The van der Waals surface area contributed by atoms with Gasteiger partial charge in [0.2, 0.25) is 0 Å². The molecule has 4 N–H and O–H groups in total. The molecule has 0 saturated carbocycles. The fourth-order valence-electron chi connectivity index (χ4n) is 1.27. The highest BCUT2D eigenvalue weighted by Gasteiger charge is 2.09. The van der Waals surface area contributed by atoms with Crippen LogP contribution in [0.2, 0.25) is 0 Å². The van der Waals surface area contributed by atoms with Gasteiger partial charge in [0.15, 0.2) is 0 Å². The predicted octanol–water partition coefficient (Wildman–Crippen LogP) is 2.41. The van der Waals surface area contributed by atoms with Crippen molar-refractivity contribution in [2.45, 2.75) is 57.9 Å². The third kappa shape index (κ3) is 17.0. The van der Waals surface area contributed by atoms with Crippen LogP contribution in [0.1, 0.15) is 51.9 Å². The fourth-order valence-corrected chi connectivity index (χ4v) is 1.27. The third-order valence-corrected chi connectivity index (χ3v) is 2.36. The number of aliphatic carboxylic acids is 2. The SMILES string of the molecule is C=CC(=O)O.CCCCCCCCC(N)C(=O)O. The second kappa shape index (κ2) is 13.7. The molecule has 18 heavy (non-hydrogen) atoms. The number of carboxylic acids is 2. The molecule has 0 aromatic rings. The lowest BCUT2D eigenvalue weighted by Crippen LogP contribution is -2.29. The van der Waals surface area contributed by atoms with Crippen LogP contribution in [0.15, 0.2) is 12.7 Å². The minimum absolute atomic E-state index is 0.613. The van der Waals surface area contributed by atoms with E-state index in [0.717, 1.165) is 18.9 Å². The number of hydrogen-bond acceptors (Lipinski definition) is 3. The van der Waals surface area contributed by atoms with Gasteiger partial charge >= 0.3 is 11.9 Å². The summed E-state index contributed by atoms with van der Waals surface area (Å²) in [5.74, 6) is -1.86. The zero-order chi connectivity index (χ0) is 14.4. The third-order valence-electron chi connectivity index (χ3n) is 2.36. The normalized spacial score (nSPS) is 11.0. The maximum Gasteiger partial charge on any atom is 0.327 e. The van der Waals surface area contributed by atoms with E-state index in [1.807, 2.05) is 0 Å². The summed E-state index contributed by atoms with van der Waals surface area (Å²) in [5.41, 5.74) is 5.36. The Morgan fingerprint density at radius 1 is 1.17 bits per heavy atom. The lowest BCUT2D eigenvalue weighted by molar-refractivity contribution is -0.138. The zero-order valence-corrected chi connectivity index (χ0v) is 11.1. The van der Waals surface area contributed by atoms with E-state index in [4.69, 9.17) is 15.9 Å². The van der Waals surface area contributed by atoms with Crippen LogP contribution in [0.3, 0.4) is 0 Å². The molecule has 5 heteroatoms. The molecule has 1 atom stereocenters. The fraction of sp³-hybridized carbons (Fsp3) is 0.692. The Hall–Kier alpha value is -1.36. The summed E-state index contributed by atoms with van der Waals surface area (Å²) >= 11 is 0.